The number of aliphatic hydroxyl groups excluding tert-OH is 1. The topological polar surface area (TPSA) is 75.4 Å². The van der Waals surface area contributed by atoms with Gasteiger partial charge in [0.05, 0.1) is 11.0 Å². The van der Waals surface area contributed by atoms with Crippen LogP contribution in [-0.2, 0) is 0 Å². The summed E-state index contributed by atoms with van der Waals surface area (Å²) in [7, 11) is 0. The molecule has 1 aromatic rings. The van der Waals surface area contributed by atoms with Gasteiger partial charge in [-0.1, -0.05) is 12.1 Å². The molecule has 1 aliphatic rings. The lowest BCUT2D eigenvalue weighted by molar-refractivity contribution is -0.384. The summed E-state index contributed by atoms with van der Waals surface area (Å²) < 4.78 is 0. The minimum Gasteiger partial charge on any atom is -0.393 e. The third-order valence-corrected chi connectivity index (χ3v) is 3.79. The summed E-state index contributed by atoms with van der Waals surface area (Å²) in [5.41, 5.74) is 1.17. The third-order valence-electron chi connectivity index (χ3n) is 3.79. The molecule has 1 aromatic carbocycles. The van der Waals surface area contributed by atoms with Crippen LogP contribution in [0.5, 0.6) is 0 Å². The Kier molecular flexibility index (Phi) is 4.50. The van der Waals surface area contributed by atoms with Crippen molar-refractivity contribution in [3.8, 4) is 0 Å². The van der Waals surface area contributed by atoms with Gasteiger partial charge in [0.25, 0.3) is 5.69 Å². The highest BCUT2D eigenvalue weighted by atomic mass is 16.6. The lowest BCUT2D eigenvalue weighted by atomic mass is 9.92. The molecule has 0 heterocycles. The van der Waals surface area contributed by atoms with E-state index in [0.717, 1.165) is 31.2 Å². The van der Waals surface area contributed by atoms with E-state index in [1.807, 2.05) is 0 Å². The summed E-state index contributed by atoms with van der Waals surface area (Å²) >= 11 is 0. The summed E-state index contributed by atoms with van der Waals surface area (Å²) in [4.78, 5) is 10.2. The molecule has 0 aromatic heterocycles. The van der Waals surface area contributed by atoms with Crippen molar-refractivity contribution >= 4 is 5.69 Å². The largest absolute Gasteiger partial charge is 0.393 e. The zero-order valence-corrected chi connectivity index (χ0v) is 11.1. The number of hydrogen-bond acceptors (Lipinski definition) is 4. The van der Waals surface area contributed by atoms with Crippen LogP contribution in [0.3, 0.4) is 0 Å². The van der Waals surface area contributed by atoms with Gasteiger partial charge in [0.1, 0.15) is 0 Å². The average Bonchev–Trinajstić information content (AvgIpc) is 2.41. The van der Waals surface area contributed by atoms with Crippen molar-refractivity contribution in [3.63, 3.8) is 0 Å². The fraction of sp³-hybridized carbons (Fsp3) is 0.571. The molecule has 1 fully saturated rings. The molecule has 0 unspecified atom stereocenters. The summed E-state index contributed by atoms with van der Waals surface area (Å²) in [6.07, 6.45) is 3.53. The number of hydrogen-bond donors (Lipinski definition) is 2. The molecule has 1 saturated carbocycles. The number of non-ortho nitro benzene ring substituents is 1. The smallest absolute Gasteiger partial charge is 0.269 e. The van der Waals surface area contributed by atoms with E-state index in [-0.39, 0.29) is 22.8 Å². The van der Waals surface area contributed by atoms with Crippen molar-refractivity contribution in [1.29, 1.82) is 0 Å². The van der Waals surface area contributed by atoms with Crippen molar-refractivity contribution in [3.05, 3.63) is 39.9 Å². The van der Waals surface area contributed by atoms with Crippen LogP contribution >= 0.6 is 0 Å². The number of nitrogens with one attached hydrogen (secondary N) is 1. The molecule has 5 nitrogen and oxygen atoms in total. The van der Waals surface area contributed by atoms with Crippen LogP contribution in [0.25, 0.3) is 0 Å². The second-order valence-electron chi connectivity index (χ2n) is 5.24. The minimum absolute atomic E-state index is 0.122. The molecular weight excluding hydrogens is 244 g/mol. The molecule has 2 rings (SSSR count). The lowest BCUT2D eigenvalue weighted by Gasteiger charge is -2.29. The fourth-order valence-corrected chi connectivity index (χ4v) is 2.58. The quantitative estimate of drug-likeness (QED) is 0.647. The zero-order valence-electron chi connectivity index (χ0n) is 11.1. The van der Waals surface area contributed by atoms with E-state index in [0.29, 0.717) is 6.04 Å². The van der Waals surface area contributed by atoms with Crippen molar-refractivity contribution < 1.29 is 10.0 Å². The van der Waals surface area contributed by atoms with E-state index in [2.05, 4.69) is 12.2 Å². The second kappa shape index (κ2) is 6.12. The predicted octanol–water partition coefficient (Wildman–Crippen LogP) is 2.55. The fourth-order valence-electron chi connectivity index (χ4n) is 2.58. The highest BCUT2D eigenvalue weighted by Gasteiger charge is 2.21. The van der Waals surface area contributed by atoms with Gasteiger partial charge in [0.15, 0.2) is 0 Å². The molecule has 0 bridgehead atoms. The standard InChI is InChI=1S/C14H20N2O3/c1-10(15-12-4-8-14(17)9-5-12)11-2-6-13(7-3-11)16(18)19/h2-3,6-7,10,12,14-15,17H,4-5,8-9H2,1H3/t10-,12?,14?/m1/s1. The van der Waals surface area contributed by atoms with Crippen LogP contribution in [0.1, 0.15) is 44.2 Å². The van der Waals surface area contributed by atoms with Crippen LogP contribution in [0.2, 0.25) is 0 Å². The average molecular weight is 264 g/mol. The Bertz CT molecular complexity index is 425. The van der Waals surface area contributed by atoms with E-state index in [9.17, 15) is 15.2 Å². The first-order chi connectivity index (χ1) is 9.06. The monoisotopic (exact) mass is 264 g/mol. The molecule has 5 heteroatoms. The SMILES string of the molecule is C[C@@H](NC1CCC(O)CC1)c1ccc([N+](=O)[O-])cc1. The molecule has 1 atom stereocenters. The first-order valence-electron chi connectivity index (χ1n) is 6.74. The number of nitrogens with zero attached hydrogens (tertiary/aromatic N) is 1. The molecule has 104 valence electrons. The summed E-state index contributed by atoms with van der Waals surface area (Å²) in [6, 6.07) is 7.27. The predicted molar refractivity (Wildman–Crippen MR) is 72.9 cm³/mol. The third kappa shape index (κ3) is 3.75. The van der Waals surface area contributed by atoms with E-state index in [1.165, 1.54) is 12.1 Å². The molecule has 0 radical (unpaired) electrons. The van der Waals surface area contributed by atoms with Gasteiger partial charge in [-0.15, -0.1) is 0 Å². The van der Waals surface area contributed by atoms with E-state index in [4.69, 9.17) is 0 Å². The second-order valence-corrected chi connectivity index (χ2v) is 5.24. The van der Waals surface area contributed by atoms with Gasteiger partial charge in [-0.3, -0.25) is 10.1 Å². The minimum atomic E-state index is -0.385. The van der Waals surface area contributed by atoms with Gasteiger partial charge in [-0.05, 0) is 38.2 Å². The van der Waals surface area contributed by atoms with Crippen molar-refractivity contribution in [2.24, 2.45) is 0 Å². The van der Waals surface area contributed by atoms with E-state index >= 15 is 0 Å². The Balaban J connectivity index is 1.92. The van der Waals surface area contributed by atoms with Gasteiger partial charge < -0.3 is 10.4 Å². The summed E-state index contributed by atoms with van der Waals surface area (Å²) in [5, 5.41) is 23.6. The first-order valence-corrected chi connectivity index (χ1v) is 6.74. The zero-order chi connectivity index (χ0) is 13.8. The van der Waals surface area contributed by atoms with E-state index in [1.54, 1.807) is 12.1 Å². The number of aliphatic hydroxyl groups is 1. The molecule has 0 spiro atoms. The van der Waals surface area contributed by atoms with Crippen molar-refractivity contribution in [1.82, 2.24) is 5.32 Å². The number of nitro groups is 1. The molecule has 0 amide bonds. The molecular formula is C14H20N2O3. The van der Waals surface area contributed by atoms with Gasteiger partial charge >= 0.3 is 0 Å². The van der Waals surface area contributed by atoms with Crippen LogP contribution < -0.4 is 5.32 Å². The van der Waals surface area contributed by atoms with Gasteiger partial charge in [0.2, 0.25) is 0 Å². The Labute approximate surface area is 112 Å². The summed E-state index contributed by atoms with van der Waals surface area (Å²) in [6.45, 7) is 2.06. The van der Waals surface area contributed by atoms with Crippen LogP contribution in [0, 0.1) is 10.1 Å². The Morgan fingerprint density at radius 2 is 1.84 bits per heavy atom. The number of benzene rings is 1. The maximum absolute atomic E-state index is 10.6. The summed E-state index contributed by atoms with van der Waals surface area (Å²) in [5.74, 6) is 0. The van der Waals surface area contributed by atoms with Gasteiger partial charge in [-0.25, -0.2) is 0 Å². The lowest BCUT2D eigenvalue weighted by Crippen LogP contribution is -2.36. The highest BCUT2D eigenvalue weighted by Crippen LogP contribution is 2.23. The maximum atomic E-state index is 10.6. The molecule has 19 heavy (non-hydrogen) atoms. The molecule has 0 aliphatic heterocycles. The van der Waals surface area contributed by atoms with E-state index < -0.39 is 0 Å². The molecule has 1 aliphatic carbocycles. The Hall–Kier alpha value is -1.46. The van der Waals surface area contributed by atoms with Crippen LogP contribution in [0.15, 0.2) is 24.3 Å². The first kappa shape index (κ1) is 14.0. The van der Waals surface area contributed by atoms with Gasteiger partial charge in [-0.2, -0.15) is 0 Å². The Morgan fingerprint density at radius 1 is 1.26 bits per heavy atom. The van der Waals surface area contributed by atoms with Crippen molar-refractivity contribution in [2.75, 3.05) is 0 Å². The molecule has 0 saturated heterocycles. The molecule has 2 N–H and O–H groups in total. The van der Waals surface area contributed by atoms with Crippen LogP contribution in [-0.4, -0.2) is 22.2 Å². The van der Waals surface area contributed by atoms with Crippen molar-refractivity contribution in [2.45, 2.75) is 50.8 Å². The Morgan fingerprint density at radius 3 is 2.37 bits per heavy atom. The number of nitro benzene ring substituents is 1. The maximum Gasteiger partial charge on any atom is 0.269 e. The van der Waals surface area contributed by atoms with Gasteiger partial charge in [0, 0.05) is 24.2 Å². The normalized spacial score (nSPS) is 24.9. The number of rotatable bonds is 4. The highest BCUT2D eigenvalue weighted by molar-refractivity contribution is 5.34. The van der Waals surface area contributed by atoms with Crippen LogP contribution in [0.4, 0.5) is 5.69 Å².